The highest BCUT2D eigenvalue weighted by atomic mass is 16.5. The Kier molecular flexibility index (Phi) is 6.58. The summed E-state index contributed by atoms with van der Waals surface area (Å²) in [6, 6.07) is 6.57. The first-order valence-corrected chi connectivity index (χ1v) is 5.89. The summed E-state index contributed by atoms with van der Waals surface area (Å²) in [4.78, 5) is 10.9. The molecule has 1 N–H and O–H groups in total. The molecular formula is C14H18O4. The number of para-hydroxylation sites is 1. The fourth-order valence-electron chi connectivity index (χ4n) is 1.41. The van der Waals surface area contributed by atoms with E-state index in [1.54, 1.807) is 18.2 Å². The van der Waals surface area contributed by atoms with E-state index in [9.17, 15) is 4.79 Å². The van der Waals surface area contributed by atoms with E-state index in [0.29, 0.717) is 25.6 Å². The summed E-state index contributed by atoms with van der Waals surface area (Å²) in [7, 11) is 0. The maximum atomic E-state index is 10.9. The number of allylic oxidation sites excluding steroid dienone is 1. The van der Waals surface area contributed by atoms with Gasteiger partial charge in [0.1, 0.15) is 17.9 Å². The van der Waals surface area contributed by atoms with Crippen molar-refractivity contribution in [3.63, 3.8) is 0 Å². The van der Waals surface area contributed by atoms with Crippen molar-refractivity contribution in [1.29, 1.82) is 0 Å². The molecule has 98 valence electrons. The Morgan fingerprint density at radius 2 is 2.06 bits per heavy atom. The normalized spacial score (nSPS) is 10.0. The summed E-state index contributed by atoms with van der Waals surface area (Å²) in [6.07, 6.45) is 3.72. The second kappa shape index (κ2) is 8.31. The fourth-order valence-corrected chi connectivity index (χ4v) is 1.41. The summed E-state index contributed by atoms with van der Waals surface area (Å²) in [5.41, 5.74) is 0.171. The molecule has 4 heteroatoms. The Hall–Kier alpha value is -1.81. The average molecular weight is 250 g/mol. The second-order valence-electron chi connectivity index (χ2n) is 3.69. The maximum Gasteiger partial charge on any atom is 0.339 e. The van der Waals surface area contributed by atoms with Crippen LogP contribution in [0.1, 0.15) is 23.2 Å². The summed E-state index contributed by atoms with van der Waals surface area (Å²) in [6.45, 7) is 5.08. The molecule has 0 heterocycles. The first kappa shape index (κ1) is 14.3. The van der Waals surface area contributed by atoms with Gasteiger partial charge in [-0.2, -0.15) is 0 Å². The third-order valence-corrected chi connectivity index (χ3v) is 2.30. The standard InChI is InChI=1S/C14H18O4/c1-2-3-6-9-17-10-11-18-13-8-5-4-7-12(13)14(15)16/h2,4-5,7-8H,1,3,6,9-11H2,(H,15,16). The van der Waals surface area contributed by atoms with Gasteiger partial charge in [-0.05, 0) is 25.0 Å². The van der Waals surface area contributed by atoms with Crippen molar-refractivity contribution in [2.75, 3.05) is 19.8 Å². The third-order valence-electron chi connectivity index (χ3n) is 2.30. The van der Waals surface area contributed by atoms with Crippen molar-refractivity contribution in [2.24, 2.45) is 0 Å². The summed E-state index contributed by atoms with van der Waals surface area (Å²) in [5, 5.41) is 8.94. The van der Waals surface area contributed by atoms with Crippen LogP contribution in [-0.2, 0) is 4.74 Å². The van der Waals surface area contributed by atoms with Crippen LogP contribution in [0, 0.1) is 0 Å². The van der Waals surface area contributed by atoms with E-state index in [1.165, 1.54) is 6.07 Å². The number of benzene rings is 1. The number of ether oxygens (including phenoxy) is 2. The molecule has 0 bridgehead atoms. The number of carboxylic acids is 1. The van der Waals surface area contributed by atoms with Gasteiger partial charge in [-0.3, -0.25) is 0 Å². The monoisotopic (exact) mass is 250 g/mol. The van der Waals surface area contributed by atoms with Crippen molar-refractivity contribution in [1.82, 2.24) is 0 Å². The Morgan fingerprint density at radius 1 is 1.28 bits per heavy atom. The molecule has 0 saturated carbocycles. The smallest absolute Gasteiger partial charge is 0.339 e. The molecule has 0 fully saturated rings. The van der Waals surface area contributed by atoms with Gasteiger partial charge in [0, 0.05) is 6.61 Å². The Labute approximate surface area is 107 Å². The predicted molar refractivity (Wildman–Crippen MR) is 69.1 cm³/mol. The highest BCUT2D eigenvalue weighted by Crippen LogP contribution is 2.17. The van der Waals surface area contributed by atoms with Crippen LogP contribution in [0.2, 0.25) is 0 Å². The SMILES string of the molecule is C=CCCCOCCOc1ccccc1C(=O)O. The van der Waals surface area contributed by atoms with Gasteiger partial charge in [0.2, 0.25) is 0 Å². The van der Waals surface area contributed by atoms with Gasteiger partial charge in [-0.15, -0.1) is 6.58 Å². The summed E-state index contributed by atoms with van der Waals surface area (Å²) in [5.74, 6) is -0.614. The fraction of sp³-hybridized carbons (Fsp3) is 0.357. The van der Waals surface area contributed by atoms with E-state index >= 15 is 0 Å². The molecule has 4 nitrogen and oxygen atoms in total. The molecule has 0 aromatic heterocycles. The van der Waals surface area contributed by atoms with E-state index in [4.69, 9.17) is 14.6 Å². The molecule has 0 aliphatic heterocycles. The lowest BCUT2D eigenvalue weighted by atomic mass is 10.2. The molecule has 0 amide bonds. The van der Waals surface area contributed by atoms with Crippen LogP contribution in [0.15, 0.2) is 36.9 Å². The van der Waals surface area contributed by atoms with Crippen molar-refractivity contribution in [3.05, 3.63) is 42.5 Å². The molecule has 1 aromatic rings. The minimum absolute atomic E-state index is 0.171. The van der Waals surface area contributed by atoms with Crippen LogP contribution >= 0.6 is 0 Å². The topological polar surface area (TPSA) is 55.8 Å². The Bertz CT molecular complexity index is 387. The average Bonchev–Trinajstić information content (AvgIpc) is 2.38. The molecule has 1 aromatic carbocycles. The highest BCUT2D eigenvalue weighted by molar-refractivity contribution is 5.90. The quantitative estimate of drug-likeness (QED) is 0.541. The zero-order chi connectivity index (χ0) is 13.2. The zero-order valence-electron chi connectivity index (χ0n) is 10.3. The van der Waals surface area contributed by atoms with Crippen LogP contribution in [0.25, 0.3) is 0 Å². The number of rotatable bonds is 9. The van der Waals surface area contributed by atoms with Gasteiger partial charge >= 0.3 is 5.97 Å². The van der Waals surface area contributed by atoms with Crippen LogP contribution in [0.3, 0.4) is 0 Å². The Morgan fingerprint density at radius 3 is 2.78 bits per heavy atom. The second-order valence-corrected chi connectivity index (χ2v) is 3.69. The van der Waals surface area contributed by atoms with Crippen LogP contribution < -0.4 is 4.74 Å². The van der Waals surface area contributed by atoms with Gasteiger partial charge in [-0.1, -0.05) is 18.2 Å². The lowest BCUT2D eigenvalue weighted by molar-refractivity contribution is 0.0685. The van der Waals surface area contributed by atoms with Crippen LogP contribution in [0.4, 0.5) is 0 Å². The van der Waals surface area contributed by atoms with E-state index in [2.05, 4.69) is 6.58 Å². The van der Waals surface area contributed by atoms with Crippen molar-refractivity contribution >= 4 is 5.97 Å². The minimum Gasteiger partial charge on any atom is -0.490 e. The van der Waals surface area contributed by atoms with Crippen molar-refractivity contribution < 1.29 is 19.4 Å². The highest BCUT2D eigenvalue weighted by Gasteiger charge is 2.09. The largest absolute Gasteiger partial charge is 0.490 e. The summed E-state index contributed by atoms with van der Waals surface area (Å²) < 4.78 is 10.7. The maximum absolute atomic E-state index is 10.9. The molecule has 18 heavy (non-hydrogen) atoms. The number of carbonyl (C=O) groups is 1. The first-order chi connectivity index (χ1) is 8.75. The lowest BCUT2D eigenvalue weighted by Gasteiger charge is -2.09. The van der Waals surface area contributed by atoms with Gasteiger partial charge in [0.05, 0.1) is 6.61 Å². The van der Waals surface area contributed by atoms with E-state index in [1.807, 2.05) is 6.08 Å². The van der Waals surface area contributed by atoms with E-state index in [-0.39, 0.29) is 5.56 Å². The predicted octanol–water partition coefficient (Wildman–Crippen LogP) is 2.75. The van der Waals surface area contributed by atoms with Gasteiger partial charge in [-0.25, -0.2) is 4.79 Å². The van der Waals surface area contributed by atoms with E-state index in [0.717, 1.165) is 12.8 Å². The van der Waals surface area contributed by atoms with Gasteiger partial charge in [0.25, 0.3) is 0 Å². The number of carboxylic acid groups (broad SMARTS) is 1. The molecule has 0 spiro atoms. The van der Waals surface area contributed by atoms with Crippen LogP contribution in [-0.4, -0.2) is 30.9 Å². The minimum atomic E-state index is -0.988. The number of hydrogen-bond donors (Lipinski definition) is 1. The Balaban J connectivity index is 2.27. The first-order valence-electron chi connectivity index (χ1n) is 5.89. The molecular weight excluding hydrogens is 232 g/mol. The van der Waals surface area contributed by atoms with Gasteiger partial charge in [0.15, 0.2) is 0 Å². The number of unbranched alkanes of at least 4 members (excludes halogenated alkanes) is 1. The molecule has 0 radical (unpaired) electrons. The molecule has 0 aliphatic rings. The molecule has 0 saturated heterocycles. The lowest BCUT2D eigenvalue weighted by Crippen LogP contribution is -2.10. The van der Waals surface area contributed by atoms with Crippen molar-refractivity contribution in [2.45, 2.75) is 12.8 Å². The third kappa shape index (κ3) is 5.01. The number of hydrogen-bond acceptors (Lipinski definition) is 3. The number of aromatic carboxylic acids is 1. The molecule has 1 rings (SSSR count). The van der Waals surface area contributed by atoms with Crippen molar-refractivity contribution in [3.8, 4) is 5.75 Å². The molecule has 0 atom stereocenters. The van der Waals surface area contributed by atoms with Gasteiger partial charge < -0.3 is 14.6 Å². The molecule has 0 aliphatic carbocycles. The van der Waals surface area contributed by atoms with E-state index < -0.39 is 5.97 Å². The van der Waals surface area contributed by atoms with Crippen LogP contribution in [0.5, 0.6) is 5.75 Å². The zero-order valence-corrected chi connectivity index (χ0v) is 10.3. The molecule has 0 unspecified atom stereocenters. The summed E-state index contributed by atoms with van der Waals surface area (Å²) >= 11 is 0.